The van der Waals surface area contributed by atoms with Gasteiger partial charge >= 0.3 is 0 Å². The Kier molecular flexibility index (Phi) is 1.74. The second-order valence-corrected chi connectivity index (χ2v) is 3.89. The molecule has 0 saturated carbocycles. The van der Waals surface area contributed by atoms with E-state index in [1.807, 2.05) is 36.4 Å². The van der Waals surface area contributed by atoms with Gasteiger partial charge in [0.05, 0.1) is 16.8 Å². The lowest BCUT2D eigenvalue weighted by molar-refractivity contribution is -0.310. The van der Waals surface area contributed by atoms with Crippen molar-refractivity contribution in [3.05, 3.63) is 42.5 Å². The summed E-state index contributed by atoms with van der Waals surface area (Å²) in [5, 5.41) is 2.10. The van der Waals surface area contributed by atoms with Gasteiger partial charge in [-0.3, -0.25) is 0 Å². The first-order chi connectivity index (χ1) is 7.75. The fourth-order valence-corrected chi connectivity index (χ4v) is 1.96. The van der Waals surface area contributed by atoms with Crippen LogP contribution in [0, 0.1) is 0 Å². The van der Waals surface area contributed by atoms with Gasteiger partial charge in [-0.15, -0.1) is 0 Å². The van der Waals surface area contributed by atoms with Gasteiger partial charge < -0.3 is 11.5 Å². The Morgan fingerprint density at radius 3 is 2.56 bits per heavy atom. The van der Waals surface area contributed by atoms with Gasteiger partial charge in [0.2, 0.25) is 11.0 Å². The Balaban J connectivity index is 2.51. The lowest BCUT2D eigenvalue weighted by atomic mass is 10.1. The summed E-state index contributed by atoms with van der Waals surface area (Å²) in [6, 6.07) is 13.9. The maximum absolute atomic E-state index is 5.96. The summed E-state index contributed by atoms with van der Waals surface area (Å²) >= 11 is 0. The number of fused-ring (bicyclic) bond motifs is 2. The van der Waals surface area contributed by atoms with Crippen LogP contribution in [0.2, 0.25) is 0 Å². The Hall–Kier alpha value is -2.29. The van der Waals surface area contributed by atoms with Gasteiger partial charge in [0.15, 0.2) is 0 Å². The summed E-state index contributed by atoms with van der Waals surface area (Å²) in [5.41, 5.74) is 15.1. The molecule has 0 saturated heterocycles. The first-order valence-electron chi connectivity index (χ1n) is 5.14. The van der Waals surface area contributed by atoms with Gasteiger partial charge in [0.25, 0.3) is 0 Å². The van der Waals surface area contributed by atoms with Crippen molar-refractivity contribution in [2.24, 2.45) is 0 Å². The Bertz CT molecular complexity index is 689. The molecule has 0 spiro atoms. The molecular weight excluding hydrogens is 198 g/mol. The van der Waals surface area contributed by atoms with E-state index in [1.54, 1.807) is 0 Å². The van der Waals surface area contributed by atoms with Crippen LogP contribution in [0.25, 0.3) is 21.8 Å². The van der Waals surface area contributed by atoms with Crippen LogP contribution in [0.3, 0.4) is 0 Å². The van der Waals surface area contributed by atoms with Crippen LogP contribution < -0.4 is 16.5 Å². The van der Waals surface area contributed by atoms with Crippen LogP contribution in [-0.4, -0.2) is 0 Å². The highest BCUT2D eigenvalue weighted by molar-refractivity contribution is 5.99. The minimum absolute atomic E-state index is 0.621. The van der Waals surface area contributed by atoms with Crippen LogP contribution in [0.1, 0.15) is 0 Å². The summed E-state index contributed by atoms with van der Waals surface area (Å²) in [5.74, 6) is 0. The fourth-order valence-electron chi connectivity index (χ4n) is 1.96. The molecular formula is C13H12N3+. The number of hydrogen-bond donors (Lipinski definition) is 2. The normalized spacial score (nSPS) is 11.0. The molecule has 0 aliphatic carbocycles. The highest BCUT2D eigenvalue weighted by atomic mass is 14.7. The zero-order chi connectivity index (χ0) is 11.1. The van der Waals surface area contributed by atoms with E-state index in [2.05, 4.69) is 11.1 Å². The maximum atomic E-state index is 5.96. The van der Waals surface area contributed by atoms with E-state index in [-0.39, 0.29) is 0 Å². The molecule has 3 heteroatoms. The van der Waals surface area contributed by atoms with E-state index in [4.69, 9.17) is 11.5 Å². The van der Waals surface area contributed by atoms with Crippen LogP contribution >= 0.6 is 0 Å². The number of benzene rings is 2. The van der Waals surface area contributed by atoms with Crippen LogP contribution in [0.15, 0.2) is 42.5 Å². The average molecular weight is 210 g/mol. The van der Waals surface area contributed by atoms with E-state index in [0.717, 1.165) is 21.8 Å². The van der Waals surface area contributed by atoms with Gasteiger partial charge in [-0.25, -0.2) is 4.98 Å². The first-order valence-corrected chi connectivity index (χ1v) is 5.14. The number of pyridine rings is 1. The third-order valence-corrected chi connectivity index (χ3v) is 2.85. The number of hydrogen-bond acceptors (Lipinski definition) is 2. The van der Waals surface area contributed by atoms with Gasteiger partial charge in [0, 0.05) is 17.5 Å². The number of nitrogen functional groups attached to an aromatic ring is 2. The summed E-state index contributed by atoms with van der Waals surface area (Å²) in [6.45, 7) is 0. The Morgan fingerprint density at radius 1 is 0.875 bits per heavy atom. The van der Waals surface area contributed by atoms with Gasteiger partial charge in [-0.1, -0.05) is 12.1 Å². The second-order valence-electron chi connectivity index (χ2n) is 3.89. The van der Waals surface area contributed by atoms with Gasteiger partial charge in [-0.2, -0.15) is 0 Å². The molecule has 78 valence electrons. The van der Waals surface area contributed by atoms with E-state index in [0.29, 0.717) is 11.4 Å². The number of aromatic nitrogens is 1. The smallest absolute Gasteiger partial charge is 0.213 e. The molecule has 0 aliphatic heterocycles. The third-order valence-electron chi connectivity index (χ3n) is 2.85. The summed E-state index contributed by atoms with van der Waals surface area (Å²) in [6.07, 6.45) is 0. The number of H-pyrrole nitrogens is 1. The average Bonchev–Trinajstić information content (AvgIpc) is 2.32. The van der Waals surface area contributed by atoms with Crippen molar-refractivity contribution in [2.75, 3.05) is 11.5 Å². The molecule has 0 aliphatic rings. The number of anilines is 2. The van der Waals surface area contributed by atoms with Crippen molar-refractivity contribution < 1.29 is 4.98 Å². The SMILES string of the molecule is Nc1ccc2[nH+]c3ccccc3cc2c1N. The van der Waals surface area contributed by atoms with Crippen molar-refractivity contribution in [2.45, 2.75) is 0 Å². The van der Waals surface area contributed by atoms with Crippen molar-refractivity contribution in [3.63, 3.8) is 0 Å². The van der Waals surface area contributed by atoms with E-state index in [9.17, 15) is 0 Å². The predicted octanol–water partition coefficient (Wildman–Crippen LogP) is 1.97. The van der Waals surface area contributed by atoms with Gasteiger partial charge in [0.1, 0.15) is 0 Å². The highest BCUT2D eigenvalue weighted by Gasteiger charge is 2.09. The van der Waals surface area contributed by atoms with Crippen molar-refractivity contribution in [1.29, 1.82) is 0 Å². The van der Waals surface area contributed by atoms with Crippen LogP contribution in [0.4, 0.5) is 11.4 Å². The summed E-state index contributed by atoms with van der Waals surface area (Å²) in [7, 11) is 0. The predicted molar refractivity (Wildman–Crippen MR) is 66.8 cm³/mol. The fraction of sp³-hybridized carbons (Fsp3) is 0. The van der Waals surface area contributed by atoms with Crippen molar-refractivity contribution >= 4 is 33.2 Å². The standard InChI is InChI=1S/C13H11N3/c14-10-5-6-12-9(13(10)15)7-8-3-1-2-4-11(8)16-12/h1-7H,14-15H2/p+1. The number of aromatic amines is 1. The maximum Gasteiger partial charge on any atom is 0.213 e. The Morgan fingerprint density at radius 2 is 1.69 bits per heavy atom. The van der Waals surface area contributed by atoms with Gasteiger partial charge in [-0.05, 0) is 18.2 Å². The van der Waals surface area contributed by atoms with Crippen molar-refractivity contribution in [3.8, 4) is 0 Å². The third kappa shape index (κ3) is 1.18. The van der Waals surface area contributed by atoms with Crippen LogP contribution in [0.5, 0.6) is 0 Å². The minimum Gasteiger partial charge on any atom is -0.397 e. The molecule has 0 fully saturated rings. The molecule has 16 heavy (non-hydrogen) atoms. The number of nitrogens with two attached hydrogens (primary N) is 2. The van der Waals surface area contributed by atoms with E-state index in [1.165, 1.54) is 0 Å². The number of para-hydroxylation sites is 1. The molecule has 3 nitrogen and oxygen atoms in total. The number of nitrogens with one attached hydrogen (secondary N) is 1. The molecule has 3 rings (SSSR count). The second kappa shape index (κ2) is 3.10. The molecule has 3 aromatic rings. The molecule has 5 N–H and O–H groups in total. The quantitative estimate of drug-likeness (QED) is 0.440. The van der Waals surface area contributed by atoms with Crippen molar-refractivity contribution in [1.82, 2.24) is 0 Å². The molecule has 2 aromatic carbocycles. The number of rotatable bonds is 0. The molecule has 1 heterocycles. The topological polar surface area (TPSA) is 66.2 Å². The van der Waals surface area contributed by atoms with E-state index >= 15 is 0 Å². The largest absolute Gasteiger partial charge is 0.397 e. The highest BCUT2D eigenvalue weighted by Crippen LogP contribution is 2.26. The lowest BCUT2D eigenvalue weighted by Crippen LogP contribution is -2.07. The Labute approximate surface area is 92.7 Å². The molecule has 0 bridgehead atoms. The monoisotopic (exact) mass is 210 g/mol. The summed E-state index contributed by atoms with van der Waals surface area (Å²) in [4.78, 5) is 3.34. The zero-order valence-electron chi connectivity index (χ0n) is 8.70. The lowest BCUT2D eigenvalue weighted by Gasteiger charge is -2.02. The molecule has 0 radical (unpaired) electrons. The molecule has 0 amide bonds. The van der Waals surface area contributed by atoms with Crippen LogP contribution in [-0.2, 0) is 0 Å². The van der Waals surface area contributed by atoms with E-state index < -0.39 is 0 Å². The zero-order valence-corrected chi connectivity index (χ0v) is 8.70. The minimum atomic E-state index is 0.621. The summed E-state index contributed by atoms with van der Waals surface area (Å²) < 4.78 is 0. The molecule has 0 unspecified atom stereocenters. The first kappa shape index (κ1) is 8.97. The molecule has 0 atom stereocenters. The molecule has 1 aromatic heterocycles.